The first-order valence-corrected chi connectivity index (χ1v) is 4.75. The summed E-state index contributed by atoms with van der Waals surface area (Å²) >= 11 is 0. The molecule has 1 N–H and O–H groups in total. The maximum absolute atomic E-state index is 12.7. The van der Waals surface area contributed by atoms with Crippen molar-refractivity contribution in [3.63, 3.8) is 0 Å². The molecule has 0 bridgehead atoms. The van der Waals surface area contributed by atoms with Crippen LogP contribution in [0.2, 0.25) is 0 Å². The SMILES string of the molecule is CCNC(CF)c1ccccc1OC. The molecule has 0 spiro atoms. The molecular formula is C11H16FNO. The van der Waals surface area contributed by atoms with Gasteiger partial charge >= 0.3 is 0 Å². The van der Waals surface area contributed by atoms with Crippen LogP contribution < -0.4 is 10.1 Å². The molecule has 3 heteroatoms. The summed E-state index contributed by atoms with van der Waals surface area (Å²) in [6.07, 6.45) is 0. The van der Waals surface area contributed by atoms with Gasteiger partial charge in [0.05, 0.1) is 13.2 Å². The number of alkyl halides is 1. The van der Waals surface area contributed by atoms with Gasteiger partial charge in [0.25, 0.3) is 0 Å². The van der Waals surface area contributed by atoms with E-state index < -0.39 is 6.67 Å². The molecule has 0 aromatic heterocycles. The van der Waals surface area contributed by atoms with E-state index in [0.717, 1.165) is 17.9 Å². The Morgan fingerprint density at radius 2 is 2.14 bits per heavy atom. The van der Waals surface area contributed by atoms with Gasteiger partial charge < -0.3 is 10.1 Å². The molecule has 14 heavy (non-hydrogen) atoms. The predicted molar refractivity (Wildman–Crippen MR) is 55.4 cm³/mol. The molecule has 78 valence electrons. The quantitative estimate of drug-likeness (QED) is 0.782. The number of nitrogens with one attached hydrogen (secondary N) is 1. The minimum atomic E-state index is -0.422. The van der Waals surface area contributed by atoms with Crippen molar-refractivity contribution in [2.75, 3.05) is 20.3 Å². The van der Waals surface area contributed by atoms with Gasteiger partial charge in [-0.3, -0.25) is 0 Å². The molecule has 1 aromatic carbocycles. The van der Waals surface area contributed by atoms with Crippen LogP contribution in [0.25, 0.3) is 0 Å². The van der Waals surface area contributed by atoms with Crippen molar-refractivity contribution in [1.29, 1.82) is 0 Å². The summed E-state index contributed by atoms with van der Waals surface area (Å²) in [5.74, 6) is 0.733. The Labute approximate surface area is 84.1 Å². The molecule has 0 saturated carbocycles. The van der Waals surface area contributed by atoms with Crippen molar-refractivity contribution < 1.29 is 9.13 Å². The van der Waals surface area contributed by atoms with Gasteiger partial charge in [0, 0.05) is 5.56 Å². The van der Waals surface area contributed by atoms with E-state index >= 15 is 0 Å². The van der Waals surface area contributed by atoms with Crippen molar-refractivity contribution in [2.45, 2.75) is 13.0 Å². The first-order chi connectivity index (χ1) is 6.83. The fourth-order valence-corrected chi connectivity index (χ4v) is 1.45. The third-order valence-corrected chi connectivity index (χ3v) is 2.12. The molecule has 0 amide bonds. The molecule has 0 saturated heterocycles. The number of benzene rings is 1. The lowest BCUT2D eigenvalue weighted by Crippen LogP contribution is -2.22. The number of para-hydroxylation sites is 1. The average Bonchev–Trinajstić information content (AvgIpc) is 2.26. The van der Waals surface area contributed by atoms with E-state index in [1.165, 1.54) is 0 Å². The molecule has 1 aromatic rings. The number of halogens is 1. The molecular weight excluding hydrogens is 181 g/mol. The summed E-state index contributed by atoms with van der Waals surface area (Å²) in [6, 6.07) is 7.22. The highest BCUT2D eigenvalue weighted by Crippen LogP contribution is 2.24. The highest BCUT2D eigenvalue weighted by Gasteiger charge is 2.13. The normalized spacial score (nSPS) is 12.5. The van der Waals surface area contributed by atoms with Crippen LogP contribution in [-0.4, -0.2) is 20.3 Å². The van der Waals surface area contributed by atoms with Crippen LogP contribution in [0, 0.1) is 0 Å². The number of rotatable bonds is 5. The zero-order valence-corrected chi connectivity index (χ0v) is 8.59. The number of hydrogen-bond acceptors (Lipinski definition) is 2. The number of methoxy groups -OCH3 is 1. The zero-order chi connectivity index (χ0) is 10.4. The van der Waals surface area contributed by atoms with Crippen molar-refractivity contribution in [2.24, 2.45) is 0 Å². The Morgan fingerprint density at radius 3 is 2.71 bits per heavy atom. The zero-order valence-electron chi connectivity index (χ0n) is 8.59. The number of ether oxygens (including phenoxy) is 1. The first kappa shape index (κ1) is 11.0. The van der Waals surface area contributed by atoms with Crippen molar-refractivity contribution in [1.82, 2.24) is 5.32 Å². The van der Waals surface area contributed by atoms with Crippen LogP contribution in [-0.2, 0) is 0 Å². The van der Waals surface area contributed by atoms with Crippen LogP contribution in [0.5, 0.6) is 5.75 Å². The predicted octanol–water partition coefficient (Wildman–Crippen LogP) is 2.32. The molecule has 0 aliphatic heterocycles. The standard InChI is InChI=1S/C11H16FNO/c1-3-13-10(8-12)9-6-4-5-7-11(9)14-2/h4-7,10,13H,3,8H2,1-2H3. The summed E-state index contributed by atoms with van der Waals surface area (Å²) in [6.45, 7) is 2.28. The molecule has 2 nitrogen and oxygen atoms in total. The van der Waals surface area contributed by atoms with Crippen LogP contribution in [0.4, 0.5) is 4.39 Å². The van der Waals surface area contributed by atoms with Gasteiger partial charge in [0.15, 0.2) is 0 Å². The van der Waals surface area contributed by atoms with Crippen molar-refractivity contribution in [3.05, 3.63) is 29.8 Å². The second-order valence-electron chi connectivity index (χ2n) is 3.01. The van der Waals surface area contributed by atoms with E-state index in [4.69, 9.17) is 4.74 Å². The summed E-state index contributed by atoms with van der Waals surface area (Å²) in [5.41, 5.74) is 0.874. The van der Waals surface area contributed by atoms with Crippen molar-refractivity contribution >= 4 is 0 Å². The Balaban J connectivity index is 2.90. The minimum absolute atomic E-state index is 0.267. The third-order valence-electron chi connectivity index (χ3n) is 2.12. The highest BCUT2D eigenvalue weighted by molar-refractivity contribution is 5.35. The molecule has 0 aliphatic carbocycles. The van der Waals surface area contributed by atoms with E-state index in [9.17, 15) is 4.39 Å². The Hall–Kier alpha value is -1.09. The van der Waals surface area contributed by atoms with Gasteiger partial charge in [-0.05, 0) is 12.6 Å². The topological polar surface area (TPSA) is 21.3 Å². The van der Waals surface area contributed by atoms with Gasteiger partial charge in [-0.2, -0.15) is 0 Å². The van der Waals surface area contributed by atoms with E-state index in [-0.39, 0.29) is 6.04 Å². The fourth-order valence-electron chi connectivity index (χ4n) is 1.45. The summed E-state index contributed by atoms with van der Waals surface area (Å²) in [5, 5.41) is 3.07. The molecule has 0 heterocycles. The Kier molecular flexibility index (Phi) is 4.40. The Morgan fingerprint density at radius 1 is 1.43 bits per heavy atom. The van der Waals surface area contributed by atoms with E-state index in [1.54, 1.807) is 7.11 Å². The lowest BCUT2D eigenvalue weighted by molar-refractivity contribution is 0.362. The smallest absolute Gasteiger partial charge is 0.123 e. The number of hydrogen-bond donors (Lipinski definition) is 1. The second-order valence-corrected chi connectivity index (χ2v) is 3.01. The monoisotopic (exact) mass is 197 g/mol. The minimum Gasteiger partial charge on any atom is -0.496 e. The van der Waals surface area contributed by atoms with E-state index in [0.29, 0.717) is 0 Å². The second kappa shape index (κ2) is 5.60. The highest BCUT2D eigenvalue weighted by atomic mass is 19.1. The molecule has 0 fully saturated rings. The lowest BCUT2D eigenvalue weighted by atomic mass is 10.1. The van der Waals surface area contributed by atoms with Gasteiger partial charge in [0.2, 0.25) is 0 Å². The maximum atomic E-state index is 12.7. The van der Waals surface area contributed by atoms with Gasteiger partial charge in [-0.1, -0.05) is 25.1 Å². The van der Waals surface area contributed by atoms with E-state index in [1.807, 2.05) is 31.2 Å². The average molecular weight is 197 g/mol. The van der Waals surface area contributed by atoms with Gasteiger partial charge in [0.1, 0.15) is 12.4 Å². The van der Waals surface area contributed by atoms with E-state index in [2.05, 4.69) is 5.32 Å². The molecule has 0 aliphatic rings. The Bertz CT molecular complexity index is 278. The molecule has 1 atom stereocenters. The molecule has 0 radical (unpaired) electrons. The fraction of sp³-hybridized carbons (Fsp3) is 0.455. The maximum Gasteiger partial charge on any atom is 0.123 e. The van der Waals surface area contributed by atoms with Crippen LogP contribution in [0.3, 0.4) is 0 Å². The summed E-state index contributed by atoms with van der Waals surface area (Å²) < 4.78 is 17.9. The largest absolute Gasteiger partial charge is 0.496 e. The molecule has 1 rings (SSSR count). The summed E-state index contributed by atoms with van der Waals surface area (Å²) in [7, 11) is 1.60. The summed E-state index contributed by atoms with van der Waals surface area (Å²) in [4.78, 5) is 0. The van der Waals surface area contributed by atoms with Crippen LogP contribution in [0.15, 0.2) is 24.3 Å². The van der Waals surface area contributed by atoms with Gasteiger partial charge in [-0.25, -0.2) is 4.39 Å². The van der Waals surface area contributed by atoms with Crippen LogP contribution >= 0.6 is 0 Å². The van der Waals surface area contributed by atoms with Crippen LogP contribution in [0.1, 0.15) is 18.5 Å². The molecule has 1 unspecified atom stereocenters. The van der Waals surface area contributed by atoms with Gasteiger partial charge in [-0.15, -0.1) is 0 Å². The van der Waals surface area contributed by atoms with Crippen molar-refractivity contribution in [3.8, 4) is 5.75 Å². The lowest BCUT2D eigenvalue weighted by Gasteiger charge is -2.17. The first-order valence-electron chi connectivity index (χ1n) is 4.75. The third kappa shape index (κ3) is 2.45.